The van der Waals surface area contributed by atoms with Crippen LogP contribution in [-0.4, -0.2) is 37.6 Å². The fourth-order valence-electron chi connectivity index (χ4n) is 2.30. The van der Waals surface area contributed by atoms with Crippen LogP contribution in [0.25, 0.3) is 0 Å². The van der Waals surface area contributed by atoms with Gasteiger partial charge in [0.1, 0.15) is 0 Å². The molecule has 1 saturated carbocycles. The Morgan fingerprint density at radius 1 is 1.27 bits per heavy atom. The molecule has 0 aliphatic heterocycles. The van der Waals surface area contributed by atoms with Crippen LogP contribution < -0.4 is 5.32 Å². The Morgan fingerprint density at radius 2 is 1.93 bits per heavy atom. The highest BCUT2D eigenvalue weighted by Crippen LogP contribution is 2.20. The molecular weight excluding hydrogens is 184 g/mol. The molecule has 0 heterocycles. The van der Waals surface area contributed by atoms with Crippen molar-refractivity contribution < 1.29 is 0 Å². The van der Waals surface area contributed by atoms with E-state index in [1.54, 1.807) is 0 Å². The third kappa shape index (κ3) is 5.20. The highest BCUT2D eigenvalue weighted by atomic mass is 15.1. The highest BCUT2D eigenvalue weighted by molar-refractivity contribution is 4.86. The first-order chi connectivity index (χ1) is 7.34. The second kappa shape index (κ2) is 7.73. The lowest BCUT2D eigenvalue weighted by molar-refractivity contribution is 0.222. The van der Waals surface area contributed by atoms with Crippen molar-refractivity contribution in [1.82, 2.24) is 10.2 Å². The van der Waals surface area contributed by atoms with Crippen LogP contribution in [0.3, 0.4) is 0 Å². The van der Waals surface area contributed by atoms with Crippen molar-refractivity contribution in [3.05, 3.63) is 0 Å². The molecule has 0 amide bonds. The molecule has 2 nitrogen and oxygen atoms in total. The lowest BCUT2D eigenvalue weighted by atomic mass is 10.1. The second-order valence-corrected chi connectivity index (χ2v) is 4.51. The number of rotatable bonds is 5. The Hall–Kier alpha value is -0.520. The van der Waals surface area contributed by atoms with E-state index in [0.717, 1.165) is 19.1 Å². The number of hydrogen-bond acceptors (Lipinski definition) is 2. The van der Waals surface area contributed by atoms with Crippen LogP contribution in [0.15, 0.2) is 0 Å². The third-order valence-electron chi connectivity index (χ3n) is 3.32. The summed E-state index contributed by atoms with van der Waals surface area (Å²) in [6.45, 7) is 2.82. The average Bonchev–Trinajstić information content (AvgIpc) is 2.52. The van der Waals surface area contributed by atoms with Gasteiger partial charge in [-0.3, -0.25) is 0 Å². The molecule has 0 saturated heterocycles. The normalized spacial score (nSPS) is 18.7. The monoisotopic (exact) mass is 208 g/mol. The molecule has 15 heavy (non-hydrogen) atoms. The molecule has 0 aromatic heterocycles. The molecule has 0 bridgehead atoms. The predicted octanol–water partition coefficient (Wildman–Crippen LogP) is 1.86. The van der Waals surface area contributed by atoms with Crippen molar-refractivity contribution >= 4 is 0 Å². The Labute approximate surface area is 94.4 Å². The molecule has 1 N–H and O–H groups in total. The maximum absolute atomic E-state index is 5.18. The summed E-state index contributed by atoms with van der Waals surface area (Å²) in [6, 6.07) is 0.806. The zero-order chi connectivity index (χ0) is 10.9. The van der Waals surface area contributed by atoms with Gasteiger partial charge >= 0.3 is 0 Å². The van der Waals surface area contributed by atoms with Gasteiger partial charge < -0.3 is 10.2 Å². The molecule has 0 aromatic carbocycles. The van der Waals surface area contributed by atoms with E-state index in [1.165, 1.54) is 38.5 Å². The lowest BCUT2D eigenvalue weighted by Crippen LogP contribution is -2.36. The minimum absolute atomic E-state index is 0.693. The van der Waals surface area contributed by atoms with Gasteiger partial charge in [-0.05, 0) is 19.9 Å². The number of nitrogens with zero attached hydrogens (tertiary/aromatic N) is 1. The first kappa shape index (κ1) is 12.5. The van der Waals surface area contributed by atoms with E-state index in [-0.39, 0.29) is 0 Å². The van der Waals surface area contributed by atoms with E-state index in [1.807, 2.05) is 0 Å². The number of nitrogens with one attached hydrogen (secondary N) is 1. The van der Waals surface area contributed by atoms with Gasteiger partial charge in [0.25, 0.3) is 0 Å². The van der Waals surface area contributed by atoms with E-state index in [0.29, 0.717) is 6.54 Å². The first-order valence-corrected chi connectivity index (χ1v) is 6.19. The summed E-state index contributed by atoms with van der Waals surface area (Å²) in [5, 5.41) is 3.24. The Bertz CT molecular complexity index is 187. The van der Waals surface area contributed by atoms with Gasteiger partial charge in [0.15, 0.2) is 0 Å². The maximum Gasteiger partial charge on any atom is 0.0574 e. The summed E-state index contributed by atoms with van der Waals surface area (Å²) in [6.07, 6.45) is 13.6. The summed E-state index contributed by atoms with van der Waals surface area (Å²) >= 11 is 0. The SMILES string of the molecule is C#CCNCCN(C)C1CCCCCC1. The van der Waals surface area contributed by atoms with Crippen LogP contribution in [0.4, 0.5) is 0 Å². The van der Waals surface area contributed by atoms with Crippen LogP contribution in [0.2, 0.25) is 0 Å². The molecule has 0 unspecified atom stereocenters. The summed E-state index contributed by atoms with van der Waals surface area (Å²) in [5.41, 5.74) is 0. The van der Waals surface area contributed by atoms with E-state index in [9.17, 15) is 0 Å². The molecule has 0 radical (unpaired) electrons. The van der Waals surface area contributed by atoms with Crippen molar-refractivity contribution in [1.29, 1.82) is 0 Å². The largest absolute Gasteiger partial charge is 0.305 e. The van der Waals surface area contributed by atoms with Crippen LogP contribution in [-0.2, 0) is 0 Å². The zero-order valence-corrected chi connectivity index (χ0v) is 9.97. The van der Waals surface area contributed by atoms with Gasteiger partial charge in [-0.2, -0.15) is 0 Å². The smallest absolute Gasteiger partial charge is 0.0574 e. The van der Waals surface area contributed by atoms with E-state index in [2.05, 4.69) is 23.2 Å². The molecule has 1 aliphatic carbocycles. The van der Waals surface area contributed by atoms with Crippen LogP contribution >= 0.6 is 0 Å². The van der Waals surface area contributed by atoms with Gasteiger partial charge in [0.2, 0.25) is 0 Å². The fourth-order valence-corrected chi connectivity index (χ4v) is 2.30. The third-order valence-corrected chi connectivity index (χ3v) is 3.32. The highest BCUT2D eigenvalue weighted by Gasteiger charge is 2.15. The average molecular weight is 208 g/mol. The molecule has 1 fully saturated rings. The summed E-state index contributed by atoms with van der Waals surface area (Å²) in [5.74, 6) is 2.60. The van der Waals surface area contributed by atoms with Crippen molar-refractivity contribution in [2.45, 2.75) is 44.6 Å². The molecular formula is C13H24N2. The van der Waals surface area contributed by atoms with Crippen molar-refractivity contribution in [2.75, 3.05) is 26.7 Å². The Kier molecular flexibility index (Phi) is 6.47. The molecule has 1 aliphatic rings. The number of hydrogen-bond donors (Lipinski definition) is 1. The standard InChI is InChI=1S/C13H24N2/c1-3-10-14-11-12-15(2)13-8-6-4-5-7-9-13/h1,13-14H,4-12H2,2H3. The van der Waals surface area contributed by atoms with Gasteiger partial charge in [-0.1, -0.05) is 31.6 Å². The quantitative estimate of drug-likeness (QED) is 0.421. The van der Waals surface area contributed by atoms with Gasteiger partial charge in [0, 0.05) is 19.1 Å². The van der Waals surface area contributed by atoms with Crippen molar-refractivity contribution in [3.8, 4) is 12.3 Å². The summed E-state index contributed by atoms with van der Waals surface area (Å²) in [7, 11) is 2.24. The summed E-state index contributed by atoms with van der Waals surface area (Å²) in [4.78, 5) is 2.49. The second-order valence-electron chi connectivity index (χ2n) is 4.51. The minimum atomic E-state index is 0.693. The Morgan fingerprint density at radius 3 is 2.53 bits per heavy atom. The molecule has 1 rings (SSSR count). The zero-order valence-electron chi connectivity index (χ0n) is 9.97. The van der Waals surface area contributed by atoms with Gasteiger partial charge in [-0.15, -0.1) is 6.42 Å². The molecule has 0 atom stereocenters. The maximum atomic E-state index is 5.18. The van der Waals surface area contributed by atoms with Gasteiger partial charge in [-0.25, -0.2) is 0 Å². The minimum Gasteiger partial charge on any atom is -0.305 e. The predicted molar refractivity (Wildman–Crippen MR) is 65.8 cm³/mol. The van der Waals surface area contributed by atoms with E-state index < -0.39 is 0 Å². The Balaban J connectivity index is 2.14. The van der Waals surface area contributed by atoms with Crippen molar-refractivity contribution in [3.63, 3.8) is 0 Å². The van der Waals surface area contributed by atoms with Crippen LogP contribution in [0, 0.1) is 12.3 Å². The van der Waals surface area contributed by atoms with Gasteiger partial charge in [0.05, 0.1) is 6.54 Å². The fraction of sp³-hybridized carbons (Fsp3) is 0.846. The molecule has 0 aromatic rings. The topological polar surface area (TPSA) is 15.3 Å². The van der Waals surface area contributed by atoms with Crippen LogP contribution in [0.1, 0.15) is 38.5 Å². The number of likely N-dealkylation sites (N-methyl/N-ethyl adjacent to an activating group) is 1. The van der Waals surface area contributed by atoms with E-state index in [4.69, 9.17) is 6.42 Å². The molecule has 86 valence electrons. The molecule has 2 heteroatoms. The van der Waals surface area contributed by atoms with Crippen molar-refractivity contribution in [2.24, 2.45) is 0 Å². The van der Waals surface area contributed by atoms with Crippen LogP contribution in [0.5, 0.6) is 0 Å². The molecule has 0 spiro atoms. The lowest BCUT2D eigenvalue weighted by Gasteiger charge is -2.26. The number of terminal acetylenes is 1. The summed E-state index contributed by atoms with van der Waals surface area (Å²) < 4.78 is 0. The van der Waals surface area contributed by atoms with E-state index >= 15 is 0 Å². The first-order valence-electron chi connectivity index (χ1n) is 6.19.